The number of thiazole rings is 1. The third-order valence-corrected chi connectivity index (χ3v) is 5.96. The Labute approximate surface area is 155 Å². The van der Waals surface area contributed by atoms with Gasteiger partial charge < -0.3 is 5.32 Å². The molecule has 2 amide bonds. The Morgan fingerprint density at radius 1 is 1.16 bits per heavy atom. The summed E-state index contributed by atoms with van der Waals surface area (Å²) in [5, 5.41) is 3.26. The molecule has 1 saturated carbocycles. The van der Waals surface area contributed by atoms with Crippen LogP contribution in [0.2, 0.25) is 4.47 Å². The van der Waals surface area contributed by atoms with Crippen molar-refractivity contribution in [1.82, 2.24) is 9.88 Å². The van der Waals surface area contributed by atoms with Gasteiger partial charge in [0, 0.05) is 22.8 Å². The third-order valence-electron chi connectivity index (χ3n) is 4.85. The number of benzene rings is 1. The zero-order valence-electron chi connectivity index (χ0n) is 13.6. The molecule has 0 unspecified atom stereocenters. The average molecular weight is 376 g/mol. The minimum Gasteiger partial charge on any atom is -0.380 e. The van der Waals surface area contributed by atoms with Crippen molar-refractivity contribution >= 4 is 40.4 Å². The molecular formula is C18H18ClN3O2S. The fourth-order valence-corrected chi connectivity index (χ4v) is 4.51. The van der Waals surface area contributed by atoms with E-state index in [-0.39, 0.29) is 17.9 Å². The van der Waals surface area contributed by atoms with E-state index in [0.29, 0.717) is 22.1 Å². The Morgan fingerprint density at radius 3 is 2.64 bits per heavy atom. The summed E-state index contributed by atoms with van der Waals surface area (Å²) in [4.78, 5) is 32.0. The monoisotopic (exact) mass is 375 g/mol. The highest BCUT2D eigenvalue weighted by Crippen LogP contribution is 2.32. The molecule has 7 heteroatoms. The van der Waals surface area contributed by atoms with Crippen LogP contribution in [-0.4, -0.2) is 27.7 Å². The lowest BCUT2D eigenvalue weighted by Gasteiger charge is -2.29. The van der Waals surface area contributed by atoms with Gasteiger partial charge in [-0.2, -0.15) is 0 Å². The molecule has 0 bridgehead atoms. The number of hydrogen-bond acceptors (Lipinski definition) is 5. The predicted octanol–water partition coefficient (Wildman–Crippen LogP) is 4.34. The van der Waals surface area contributed by atoms with E-state index in [1.54, 1.807) is 18.3 Å². The molecule has 1 aliphatic heterocycles. The molecule has 5 nitrogen and oxygen atoms in total. The van der Waals surface area contributed by atoms with E-state index in [4.69, 9.17) is 11.6 Å². The zero-order valence-corrected chi connectivity index (χ0v) is 15.2. The second-order valence-electron chi connectivity index (χ2n) is 6.47. The van der Waals surface area contributed by atoms with Crippen LogP contribution >= 0.6 is 22.9 Å². The van der Waals surface area contributed by atoms with E-state index in [1.807, 2.05) is 6.07 Å². The van der Waals surface area contributed by atoms with Crippen LogP contribution in [0.1, 0.15) is 57.7 Å². The first-order valence-electron chi connectivity index (χ1n) is 8.49. The maximum Gasteiger partial charge on any atom is 0.261 e. The summed E-state index contributed by atoms with van der Waals surface area (Å²) >= 11 is 7.25. The Balaban J connectivity index is 1.52. The Bertz CT molecular complexity index is 829. The highest BCUT2D eigenvalue weighted by molar-refractivity contribution is 7.15. The van der Waals surface area contributed by atoms with Crippen molar-refractivity contribution in [2.24, 2.45) is 0 Å². The molecule has 0 radical (unpaired) electrons. The average Bonchev–Trinajstić information content (AvgIpc) is 3.15. The van der Waals surface area contributed by atoms with Crippen molar-refractivity contribution in [2.45, 2.75) is 44.7 Å². The van der Waals surface area contributed by atoms with Crippen LogP contribution in [0.5, 0.6) is 0 Å². The topological polar surface area (TPSA) is 62.3 Å². The lowest BCUT2D eigenvalue weighted by atomic mass is 9.94. The second-order valence-corrected chi connectivity index (χ2v) is 8.16. The number of fused-ring (bicyclic) bond motifs is 1. The molecule has 1 fully saturated rings. The minimum absolute atomic E-state index is 0.0527. The van der Waals surface area contributed by atoms with E-state index < -0.39 is 0 Å². The molecule has 0 atom stereocenters. The number of halogens is 1. The maximum absolute atomic E-state index is 12.8. The van der Waals surface area contributed by atoms with Gasteiger partial charge in [-0.25, -0.2) is 4.98 Å². The van der Waals surface area contributed by atoms with Gasteiger partial charge in [-0.1, -0.05) is 30.9 Å². The maximum atomic E-state index is 12.8. The summed E-state index contributed by atoms with van der Waals surface area (Å²) in [6.07, 6.45) is 6.93. The predicted molar refractivity (Wildman–Crippen MR) is 98.3 cm³/mol. The van der Waals surface area contributed by atoms with E-state index >= 15 is 0 Å². The van der Waals surface area contributed by atoms with Gasteiger partial charge in [-0.3, -0.25) is 14.5 Å². The first-order chi connectivity index (χ1) is 12.1. The largest absolute Gasteiger partial charge is 0.380 e. The van der Waals surface area contributed by atoms with Gasteiger partial charge in [0.2, 0.25) is 0 Å². The highest BCUT2D eigenvalue weighted by Gasteiger charge is 2.40. The van der Waals surface area contributed by atoms with Gasteiger partial charge in [0.1, 0.15) is 0 Å². The van der Waals surface area contributed by atoms with Gasteiger partial charge in [0.25, 0.3) is 11.8 Å². The smallest absolute Gasteiger partial charge is 0.261 e. The molecule has 0 saturated heterocycles. The lowest BCUT2D eigenvalue weighted by Crippen LogP contribution is -2.40. The molecule has 25 heavy (non-hydrogen) atoms. The van der Waals surface area contributed by atoms with Crippen molar-refractivity contribution < 1.29 is 9.59 Å². The van der Waals surface area contributed by atoms with Crippen LogP contribution < -0.4 is 5.32 Å². The fraction of sp³-hybridized carbons (Fsp3) is 0.389. The van der Waals surface area contributed by atoms with Gasteiger partial charge in [0.05, 0.1) is 17.7 Å². The van der Waals surface area contributed by atoms with E-state index in [2.05, 4.69) is 10.3 Å². The van der Waals surface area contributed by atoms with Crippen LogP contribution in [0.25, 0.3) is 0 Å². The van der Waals surface area contributed by atoms with Crippen LogP contribution in [0.3, 0.4) is 0 Å². The summed E-state index contributed by atoms with van der Waals surface area (Å²) in [6.45, 7) is 0.581. The SMILES string of the molecule is O=C1c2ccc(NCc3cnc(Cl)s3)cc2C(=O)N1C1CCCCC1. The number of carbonyl (C=O) groups excluding carboxylic acids is 2. The summed E-state index contributed by atoms with van der Waals surface area (Å²) in [6, 6.07) is 5.43. The van der Waals surface area contributed by atoms with Gasteiger partial charge in [0.15, 0.2) is 4.47 Å². The first-order valence-corrected chi connectivity index (χ1v) is 9.69. The Morgan fingerprint density at radius 2 is 1.92 bits per heavy atom. The summed E-state index contributed by atoms with van der Waals surface area (Å²) in [5.41, 5.74) is 1.83. The van der Waals surface area contributed by atoms with E-state index in [1.165, 1.54) is 22.7 Å². The number of carbonyl (C=O) groups is 2. The molecule has 1 aliphatic carbocycles. The first kappa shape index (κ1) is 16.5. The highest BCUT2D eigenvalue weighted by atomic mass is 35.5. The second kappa shape index (κ2) is 6.77. The number of nitrogens with zero attached hydrogens (tertiary/aromatic N) is 2. The quantitative estimate of drug-likeness (QED) is 0.807. The number of nitrogens with one attached hydrogen (secondary N) is 1. The summed E-state index contributed by atoms with van der Waals surface area (Å²) < 4.78 is 0.509. The van der Waals surface area contributed by atoms with Crippen LogP contribution in [-0.2, 0) is 6.54 Å². The molecule has 2 aliphatic rings. The minimum atomic E-state index is -0.156. The Hall–Kier alpha value is -1.92. The normalized spacial score (nSPS) is 17.9. The molecule has 2 heterocycles. The third kappa shape index (κ3) is 3.16. The molecule has 1 N–H and O–H groups in total. The summed E-state index contributed by atoms with van der Waals surface area (Å²) in [5.74, 6) is -0.302. The van der Waals surface area contributed by atoms with Gasteiger partial charge in [-0.15, -0.1) is 11.3 Å². The van der Waals surface area contributed by atoms with Crippen molar-refractivity contribution in [3.05, 3.63) is 44.9 Å². The molecule has 4 rings (SSSR count). The van der Waals surface area contributed by atoms with E-state index in [9.17, 15) is 9.59 Å². The van der Waals surface area contributed by atoms with Gasteiger partial charge in [-0.05, 0) is 31.0 Å². The fourth-order valence-electron chi connectivity index (χ4n) is 3.59. The molecule has 1 aromatic carbocycles. The standard InChI is InChI=1S/C18H18ClN3O2S/c19-18-21-10-13(25-18)9-20-11-6-7-14-15(8-11)17(24)22(16(14)23)12-4-2-1-3-5-12/h6-8,10,12,20H,1-5,9H2. The van der Waals surface area contributed by atoms with Crippen molar-refractivity contribution in [3.63, 3.8) is 0 Å². The van der Waals surface area contributed by atoms with Gasteiger partial charge >= 0.3 is 0 Å². The molecule has 1 aromatic heterocycles. The number of amides is 2. The molecule has 0 spiro atoms. The zero-order chi connectivity index (χ0) is 17.4. The van der Waals surface area contributed by atoms with Crippen molar-refractivity contribution in [1.29, 1.82) is 0 Å². The van der Waals surface area contributed by atoms with E-state index in [0.717, 1.165) is 36.2 Å². The number of rotatable bonds is 4. The van der Waals surface area contributed by atoms with Crippen molar-refractivity contribution in [3.8, 4) is 0 Å². The van der Waals surface area contributed by atoms with Crippen LogP contribution in [0.4, 0.5) is 5.69 Å². The molecular weight excluding hydrogens is 358 g/mol. The Kier molecular flexibility index (Phi) is 4.48. The number of anilines is 1. The van der Waals surface area contributed by atoms with Crippen LogP contribution in [0, 0.1) is 0 Å². The molecule has 130 valence electrons. The number of hydrogen-bond donors (Lipinski definition) is 1. The lowest BCUT2D eigenvalue weighted by molar-refractivity contribution is 0.0549. The van der Waals surface area contributed by atoms with Crippen LogP contribution in [0.15, 0.2) is 24.4 Å². The summed E-state index contributed by atoms with van der Waals surface area (Å²) in [7, 11) is 0. The number of aromatic nitrogens is 1. The molecule has 2 aromatic rings. The number of imide groups is 1. The van der Waals surface area contributed by atoms with Crippen molar-refractivity contribution in [2.75, 3.05) is 5.32 Å².